The number of nitrogens with zero attached hydrogens (tertiary/aromatic N) is 3. The fourth-order valence-corrected chi connectivity index (χ4v) is 5.25. The zero-order valence-electron chi connectivity index (χ0n) is 13.3. The Morgan fingerprint density at radius 2 is 1.96 bits per heavy atom. The molecule has 0 aliphatic heterocycles. The highest BCUT2D eigenvalue weighted by Gasteiger charge is 2.14. The van der Waals surface area contributed by atoms with Gasteiger partial charge in [0.1, 0.15) is 0 Å². The molecule has 1 aliphatic carbocycles. The van der Waals surface area contributed by atoms with Crippen LogP contribution in [0.15, 0.2) is 49.8 Å². The first kappa shape index (κ1) is 16.0. The standard InChI is InChI=1S/C18H19N3S3/c1-2-5-15(6-3-1)20-18-21(19-11-14-8-10-22-12-14)16(13-24-18)17-7-4-9-23-17/h4,7-13,15H,1-3,5-6H2. The molecule has 0 spiro atoms. The van der Waals surface area contributed by atoms with Crippen LogP contribution < -0.4 is 4.80 Å². The van der Waals surface area contributed by atoms with Gasteiger partial charge < -0.3 is 0 Å². The first-order valence-corrected chi connectivity index (χ1v) is 11.0. The lowest BCUT2D eigenvalue weighted by molar-refractivity contribution is 0.435. The molecule has 1 saturated carbocycles. The van der Waals surface area contributed by atoms with Crippen LogP contribution in [0.5, 0.6) is 0 Å². The van der Waals surface area contributed by atoms with Crippen LogP contribution in [0.2, 0.25) is 0 Å². The van der Waals surface area contributed by atoms with Crippen molar-refractivity contribution in [3.63, 3.8) is 0 Å². The van der Waals surface area contributed by atoms with Gasteiger partial charge in [0.15, 0.2) is 0 Å². The highest BCUT2D eigenvalue weighted by molar-refractivity contribution is 7.14. The van der Waals surface area contributed by atoms with Crippen molar-refractivity contribution in [2.45, 2.75) is 38.1 Å². The maximum absolute atomic E-state index is 5.02. The van der Waals surface area contributed by atoms with Crippen LogP contribution in [0.3, 0.4) is 0 Å². The Hall–Kier alpha value is -1.50. The molecule has 24 heavy (non-hydrogen) atoms. The van der Waals surface area contributed by atoms with Crippen molar-refractivity contribution < 1.29 is 0 Å². The topological polar surface area (TPSA) is 29.6 Å². The van der Waals surface area contributed by atoms with Gasteiger partial charge in [-0.1, -0.05) is 25.3 Å². The van der Waals surface area contributed by atoms with Crippen LogP contribution in [-0.2, 0) is 0 Å². The third-order valence-corrected chi connectivity index (χ3v) is 6.62. The van der Waals surface area contributed by atoms with Crippen LogP contribution in [0.1, 0.15) is 37.7 Å². The van der Waals surface area contributed by atoms with Crippen molar-refractivity contribution in [3.05, 3.63) is 50.1 Å². The van der Waals surface area contributed by atoms with Gasteiger partial charge in [-0.05, 0) is 41.1 Å². The van der Waals surface area contributed by atoms with Crippen LogP contribution in [0, 0.1) is 0 Å². The molecule has 0 unspecified atom stereocenters. The molecule has 3 nitrogen and oxygen atoms in total. The van der Waals surface area contributed by atoms with Crippen LogP contribution in [0.25, 0.3) is 10.6 Å². The van der Waals surface area contributed by atoms with E-state index in [-0.39, 0.29) is 0 Å². The average Bonchev–Trinajstić information content (AvgIpc) is 3.36. The van der Waals surface area contributed by atoms with Gasteiger partial charge in [-0.2, -0.15) is 16.4 Å². The molecule has 0 aromatic carbocycles. The second kappa shape index (κ2) is 7.59. The Bertz CT molecular complexity index is 848. The van der Waals surface area contributed by atoms with Crippen molar-refractivity contribution in [2.75, 3.05) is 0 Å². The van der Waals surface area contributed by atoms with Gasteiger partial charge in [-0.25, -0.2) is 4.68 Å². The number of thiazole rings is 1. The van der Waals surface area contributed by atoms with Crippen molar-refractivity contribution in [1.29, 1.82) is 0 Å². The minimum Gasteiger partial charge on any atom is -0.254 e. The van der Waals surface area contributed by atoms with Gasteiger partial charge in [-0.3, -0.25) is 4.99 Å². The lowest BCUT2D eigenvalue weighted by Gasteiger charge is -2.16. The van der Waals surface area contributed by atoms with Gasteiger partial charge in [0.2, 0.25) is 4.80 Å². The minimum absolute atomic E-state index is 0.455. The second-order valence-corrected chi connectivity index (χ2v) is 8.48. The monoisotopic (exact) mass is 373 g/mol. The Balaban J connectivity index is 1.74. The Kier molecular flexibility index (Phi) is 5.06. The summed E-state index contributed by atoms with van der Waals surface area (Å²) >= 11 is 5.13. The third-order valence-electron chi connectivity index (χ3n) is 4.19. The van der Waals surface area contributed by atoms with E-state index in [2.05, 4.69) is 39.7 Å². The van der Waals surface area contributed by atoms with Gasteiger partial charge in [0.05, 0.1) is 22.8 Å². The molecule has 124 valence electrons. The van der Waals surface area contributed by atoms with Crippen molar-refractivity contribution in [2.24, 2.45) is 10.1 Å². The zero-order valence-corrected chi connectivity index (χ0v) is 15.7. The lowest BCUT2D eigenvalue weighted by atomic mass is 9.96. The number of rotatable bonds is 4. The number of thiophene rings is 2. The minimum atomic E-state index is 0.455. The van der Waals surface area contributed by atoms with E-state index in [9.17, 15) is 0 Å². The largest absolute Gasteiger partial charge is 0.254 e. The SMILES string of the molecule is C(=Nn1c(-c2cccs2)csc1=NC1CCCCC1)c1ccsc1. The van der Waals surface area contributed by atoms with Crippen LogP contribution in [0.4, 0.5) is 0 Å². The molecule has 4 rings (SSSR count). The summed E-state index contributed by atoms with van der Waals surface area (Å²) in [7, 11) is 0. The van der Waals surface area contributed by atoms with Gasteiger partial charge >= 0.3 is 0 Å². The number of hydrogen-bond acceptors (Lipinski definition) is 5. The third kappa shape index (κ3) is 3.61. The summed E-state index contributed by atoms with van der Waals surface area (Å²) in [4.78, 5) is 7.27. The molecule has 1 aliphatic rings. The smallest absolute Gasteiger partial charge is 0.206 e. The highest BCUT2D eigenvalue weighted by atomic mass is 32.1. The summed E-state index contributed by atoms with van der Waals surface area (Å²) in [5.74, 6) is 0. The molecule has 1 fully saturated rings. The van der Waals surface area contributed by atoms with Crippen LogP contribution >= 0.6 is 34.0 Å². The summed E-state index contributed by atoms with van der Waals surface area (Å²) in [5.41, 5.74) is 2.27. The average molecular weight is 374 g/mol. The van der Waals surface area contributed by atoms with E-state index < -0.39 is 0 Å². The highest BCUT2D eigenvalue weighted by Crippen LogP contribution is 2.26. The summed E-state index contributed by atoms with van der Waals surface area (Å²) in [6.45, 7) is 0. The number of hydrogen-bond donors (Lipinski definition) is 0. The van der Waals surface area contributed by atoms with Crippen molar-refractivity contribution in [1.82, 2.24) is 4.68 Å². The quantitative estimate of drug-likeness (QED) is 0.544. The molecule has 0 atom stereocenters. The fourth-order valence-electron chi connectivity index (χ4n) is 2.93. The molecule has 0 radical (unpaired) electrons. The van der Waals surface area contributed by atoms with E-state index in [4.69, 9.17) is 10.1 Å². The molecule has 3 heterocycles. The predicted octanol–water partition coefficient (Wildman–Crippen LogP) is 5.46. The maximum Gasteiger partial charge on any atom is 0.206 e. The Morgan fingerprint density at radius 1 is 1.04 bits per heavy atom. The summed E-state index contributed by atoms with van der Waals surface area (Å²) in [5, 5.41) is 13.2. The number of aromatic nitrogens is 1. The van der Waals surface area contributed by atoms with Gasteiger partial charge in [0.25, 0.3) is 0 Å². The Morgan fingerprint density at radius 3 is 2.71 bits per heavy atom. The molecule has 0 amide bonds. The summed E-state index contributed by atoms with van der Waals surface area (Å²) in [6.07, 6.45) is 8.30. The predicted molar refractivity (Wildman–Crippen MR) is 105 cm³/mol. The van der Waals surface area contributed by atoms with E-state index in [1.165, 1.54) is 37.0 Å². The van der Waals surface area contributed by atoms with Gasteiger partial charge in [-0.15, -0.1) is 22.7 Å². The second-order valence-electron chi connectivity index (χ2n) is 5.91. The summed E-state index contributed by atoms with van der Waals surface area (Å²) in [6, 6.07) is 6.77. The normalized spacial score (nSPS) is 17.1. The van der Waals surface area contributed by atoms with E-state index >= 15 is 0 Å². The summed E-state index contributed by atoms with van der Waals surface area (Å²) < 4.78 is 2.02. The Labute approximate surface area is 153 Å². The van der Waals surface area contributed by atoms with Crippen LogP contribution in [-0.4, -0.2) is 16.9 Å². The lowest BCUT2D eigenvalue weighted by Crippen LogP contribution is -2.18. The van der Waals surface area contributed by atoms with Crippen molar-refractivity contribution in [3.8, 4) is 10.6 Å². The van der Waals surface area contributed by atoms with E-state index in [1.807, 2.05) is 10.9 Å². The first-order chi connectivity index (χ1) is 11.9. The van der Waals surface area contributed by atoms with E-state index in [0.29, 0.717) is 6.04 Å². The molecule has 0 N–H and O–H groups in total. The van der Waals surface area contributed by atoms with Crippen molar-refractivity contribution >= 4 is 40.2 Å². The maximum atomic E-state index is 5.02. The molecular formula is C18H19N3S3. The van der Waals surface area contributed by atoms with Gasteiger partial charge in [0, 0.05) is 10.9 Å². The molecular weight excluding hydrogens is 354 g/mol. The molecule has 0 saturated heterocycles. The molecule has 6 heteroatoms. The van der Waals surface area contributed by atoms with E-state index in [1.54, 1.807) is 34.0 Å². The molecule has 3 aromatic heterocycles. The first-order valence-electron chi connectivity index (χ1n) is 8.25. The van der Waals surface area contributed by atoms with E-state index in [0.717, 1.165) is 16.1 Å². The zero-order chi connectivity index (χ0) is 16.2. The fraction of sp³-hybridized carbons (Fsp3) is 0.333. The molecule has 3 aromatic rings. The molecule has 0 bridgehead atoms.